The fourth-order valence-electron chi connectivity index (χ4n) is 0.984. The molecule has 0 fully saturated rings. The van der Waals surface area contributed by atoms with Crippen LogP contribution in [0.3, 0.4) is 0 Å². The number of nitrogens with one attached hydrogen (secondary N) is 2. The fourth-order valence-corrected chi connectivity index (χ4v) is 1.80. The first-order chi connectivity index (χ1) is 8.08. The van der Waals surface area contributed by atoms with E-state index in [2.05, 4.69) is 20.6 Å². The number of aliphatic carboxylic acids is 1. The van der Waals surface area contributed by atoms with Crippen LogP contribution in [0.15, 0.2) is 5.38 Å². The molecular formula is C8H10ClN3O4S. The summed E-state index contributed by atoms with van der Waals surface area (Å²) in [5.41, 5.74) is 2.53. The monoisotopic (exact) mass is 279 g/mol. The second-order valence-electron chi connectivity index (χ2n) is 2.85. The van der Waals surface area contributed by atoms with Crippen molar-refractivity contribution in [2.24, 2.45) is 0 Å². The van der Waals surface area contributed by atoms with Crippen LogP contribution < -0.4 is 10.8 Å². The van der Waals surface area contributed by atoms with Gasteiger partial charge in [0.15, 0.2) is 11.2 Å². The van der Waals surface area contributed by atoms with E-state index < -0.39 is 17.9 Å². The highest BCUT2D eigenvalue weighted by Gasteiger charge is 2.22. The smallest absolute Gasteiger partial charge is 0.329 e. The molecule has 0 saturated carbocycles. The molecule has 0 bridgehead atoms. The third-order valence-corrected chi connectivity index (χ3v) is 2.69. The highest BCUT2D eigenvalue weighted by Crippen LogP contribution is 2.21. The zero-order chi connectivity index (χ0) is 12.8. The molecule has 0 radical (unpaired) electrons. The van der Waals surface area contributed by atoms with Gasteiger partial charge in [-0.2, -0.15) is 5.48 Å². The van der Waals surface area contributed by atoms with Gasteiger partial charge in [-0.25, -0.2) is 4.98 Å². The molecule has 1 heterocycles. The molecule has 1 atom stereocenters. The molecule has 9 heteroatoms. The predicted octanol–water partition coefficient (Wildman–Crippen LogP) is 0.597. The number of halogens is 1. The lowest BCUT2D eigenvalue weighted by atomic mass is 10.2. The Bertz CT molecular complexity index is 411. The van der Waals surface area contributed by atoms with Crippen molar-refractivity contribution in [3.8, 4) is 0 Å². The Morgan fingerprint density at radius 3 is 2.94 bits per heavy atom. The summed E-state index contributed by atoms with van der Waals surface area (Å²) in [4.78, 5) is 30.4. The second-order valence-corrected chi connectivity index (χ2v) is 3.98. The van der Waals surface area contributed by atoms with Gasteiger partial charge in [0, 0.05) is 5.38 Å². The van der Waals surface area contributed by atoms with Crippen molar-refractivity contribution in [1.82, 2.24) is 10.5 Å². The summed E-state index contributed by atoms with van der Waals surface area (Å²) in [6.45, 7) is 0. The Labute approximate surface area is 106 Å². The van der Waals surface area contributed by atoms with Gasteiger partial charge in [-0.3, -0.25) is 9.59 Å². The maximum atomic E-state index is 11.0. The van der Waals surface area contributed by atoms with Crippen LogP contribution in [0, 0.1) is 0 Å². The Hall–Kier alpha value is -1.22. The minimum Gasteiger partial charge on any atom is -0.480 e. The fraction of sp³-hybridized carbons (Fsp3) is 0.375. The number of aromatic nitrogens is 1. The highest BCUT2D eigenvalue weighted by molar-refractivity contribution is 7.14. The summed E-state index contributed by atoms with van der Waals surface area (Å²) in [6, 6.07) is -1.09. The van der Waals surface area contributed by atoms with Crippen LogP contribution in [0.5, 0.6) is 0 Å². The van der Waals surface area contributed by atoms with Gasteiger partial charge in [0.25, 0.3) is 0 Å². The summed E-state index contributed by atoms with van der Waals surface area (Å²) in [7, 11) is 1.30. The highest BCUT2D eigenvalue weighted by atomic mass is 35.5. The van der Waals surface area contributed by atoms with Crippen molar-refractivity contribution in [2.75, 3.05) is 18.3 Å². The lowest BCUT2D eigenvalue weighted by Gasteiger charge is -2.09. The number of hydrogen-bond acceptors (Lipinski definition) is 6. The maximum Gasteiger partial charge on any atom is 0.329 e. The summed E-state index contributed by atoms with van der Waals surface area (Å²) in [6.07, 6.45) is 0. The van der Waals surface area contributed by atoms with E-state index in [-0.39, 0.29) is 16.7 Å². The zero-order valence-corrected chi connectivity index (χ0v) is 10.3. The van der Waals surface area contributed by atoms with Gasteiger partial charge in [0.1, 0.15) is 5.88 Å². The number of amides is 1. The largest absolute Gasteiger partial charge is 0.480 e. The minimum absolute atomic E-state index is 0.187. The van der Waals surface area contributed by atoms with Crippen LogP contribution in [0.25, 0.3) is 0 Å². The molecule has 0 aliphatic heterocycles. The first-order valence-electron chi connectivity index (χ1n) is 4.41. The number of hydrogen-bond donors (Lipinski definition) is 3. The number of hydroxylamine groups is 1. The zero-order valence-electron chi connectivity index (χ0n) is 8.77. The third kappa shape index (κ3) is 3.93. The van der Waals surface area contributed by atoms with Crippen molar-refractivity contribution < 1.29 is 19.5 Å². The molecule has 1 rings (SSSR count). The molecule has 1 unspecified atom stereocenters. The molecule has 3 N–H and O–H groups in total. The number of nitrogens with zero attached hydrogens (tertiary/aromatic N) is 1. The molecule has 1 aromatic heterocycles. The van der Waals surface area contributed by atoms with Crippen molar-refractivity contribution in [1.29, 1.82) is 0 Å². The van der Waals surface area contributed by atoms with Gasteiger partial charge >= 0.3 is 5.97 Å². The van der Waals surface area contributed by atoms with Gasteiger partial charge < -0.3 is 15.3 Å². The first-order valence-corrected chi connectivity index (χ1v) is 5.82. The minimum atomic E-state index is -1.13. The van der Waals surface area contributed by atoms with Crippen LogP contribution in [-0.2, 0) is 14.4 Å². The quantitative estimate of drug-likeness (QED) is 0.521. The van der Waals surface area contributed by atoms with E-state index in [0.717, 1.165) is 11.3 Å². The van der Waals surface area contributed by atoms with Crippen LogP contribution in [0.4, 0.5) is 5.13 Å². The van der Waals surface area contributed by atoms with Crippen LogP contribution >= 0.6 is 22.9 Å². The molecule has 1 aromatic rings. The van der Waals surface area contributed by atoms with E-state index >= 15 is 0 Å². The van der Waals surface area contributed by atoms with E-state index in [9.17, 15) is 9.59 Å². The van der Waals surface area contributed by atoms with Crippen LogP contribution in [-0.4, -0.2) is 35.0 Å². The SMILES string of the molecule is CONC(C(=O)O)c1csc(NC(=O)CCl)n1. The number of thiazole rings is 1. The molecule has 7 nitrogen and oxygen atoms in total. The van der Waals surface area contributed by atoms with Crippen molar-refractivity contribution in [3.63, 3.8) is 0 Å². The normalized spacial score (nSPS) is 12.1. The number of carbonyl (C=O) groups excluding carboxylic acids is 1. The maximum absolute atomic E-state index is 11.0. The number of carbonyl (C=O) groups is 2. The Morgan fingerprint density at radius 1 is 1.71 bits per heavy atom. The van der Waals surface area contributed by atoms with Crippen LogP contribution in [0.2, 0.25) is 0 Å². The van der Waals surface area contributed by atoms with Gasteiger partial charge in [0.2, 0.25) is 5.91 Å². The second kappa shape index (κ2) is 6.50. The lowest BCUT2D eigenvalue weighted by Crippen LogP contribution is -2.27. The van der Waals surface area contributed by atoms with Crippen LogP contribution in [0.1, 0.15) is 11.7 Å². The topological polar surface area (TPSA) is 101 Å². The molecule has 0 aliphatic rings. The van der Waals surface area contributed by atoms with E-state index in [0.29, 0.717) is 0 Å². The number of carboxylic acid groups (broad SMARTS) is 1. The van der Waals surface area contributed by atoms with Gasteiger partial charge in [-0.15, -0.1) is 22.9 Å². The molecule has 0 aromatic carbocycles. The van der Waals surface area contributed by atoms with E-state index in [1.807, 2.05) is 0 Å². The lowest BCUT2D eigenvalue weighted by molar-refractivity contribution is -0.143. The molecule has 1 amide bonds. The molecule has 0 saturated heterocycles. The Morgan fingerprint density at radius 2 is 2.41 bits per heavy atom. The van der Waals surface area contributed by atoms with E-state index in [1.54, 1.807) is 0 Å². The molecule has 0 aliphatic carbocycles. The van der Waals surface area contributed by atoms with Gasteiger partial charge in [-0.1, -0.05) is 0 Å². The summed E-state index contributed by atoms with van der Waals surface area (Å²) in [5, 5.41) is 13.1. The van der Waals surface area contributed by atoms with Crippen molar-refractivity contribution in [2.45, 2.75) is 6.04 Å². The van der Waals surface area contributed by atoms with E-state index in [4.69, 9.17) is 16.7 Å². The number of rotatable bonds is 6. The summed E-state index contributed by atoms with van der Waals surface area (Å²) >= 11 is 6.41. The molecule has 17 heavy (non-hydrogen) atoms. The number of alkyl halides is 1. The average molecular weight is 280 g/mol. The number of carboxylic acids is 1. The Balaban J connectivity index is 2.77. The van der Waals surface area contributed by atoms with Crippen molar-refractivity contribution >= 4 is 39.9 Å². The third-order valence-electron chi connectivity index (χ3n) is 1.67. The first kappa shape index (κ1) is 13.8. The molecular weight excluding hydrogens is 270 g/mol. The summed E-state index contributed by atoms with van der Waals surface area (Å²) < 4.78 is 0. The summed E-state index contributed by atoms with van der Waals surface area (Å²) in [5.74, 6) is -1.72. The Kier molecular flexibility index (Phi) is 5.29. The van der Waals surface area contributed by atoms with Gasteiger partial charge in [0.05, 0.1) is 12.8 Å². The standard InChI is InChI=1S/C8H10ClN3O4S/c1-16-12-6(7(14)15)4-3-17-8(10-4)11-5(13)2-9/h3,6,12H,2H2,1H3,(H,14,15)(H,10,11,13). The van der Waals surface area contributed by atoms with Gasteiger partial charge in [-0.05, 0) is 0 Å². The molecule has 94 valence electrons. The molecule has 0 spiro atoms. The van der Waals surface area contributed by atoms with Crippen molar-refractivity contribution in [3.05, 3.63) is 11.1 Å². The predicted molar refractivity (Wildman–Crippen MR) is 62.0 cm³/mol. The average Bonchev–Trinajstić information content (AvgIpc) is 2.73. The van der Waals surface area contributed by atoms with E-state index in [1.165, 1.54) is 12.5 Å². The number of anilines is 1.